The first kappa shape index (κ1) is 27.4. The Morgan fingerprint density at radius 1 is 0.947 bits per heavy atom. The molecule has 2 saturated heterocycles. The summed E-state index contributed by atoms with van der Waals surface area (Å²) in [6.07, 6.45) is 4.30. The quantitative estimate of drug-likeness (QED) is 0.453. The average Bonchev–Trinajstić information content (AvgIpc) is 3.61. The van der Waals surface area contributed by atoms with Crippen LogP contribution in [0.1, 0.15) is 42.7 Å². The maximum Gasteiger partial charge on any atom is 0.227 e. The van der Waals surface area contributed by atoms with Crippen LogP contribution in [0.2, 0.25) is 10.0 Å². The molecule has 5 nitrogen and oxygen atoms in total. The topological polar surface area (TPSA) is 43.9 Å². The zero-order valence-corrected chi connectivity index (χ0v) is 23.0. The van der Waals surface area contributed by atoms with Crippen LogP contribution in [-0.4, -0.2) is 72.3 Å². The summed E-state index contributed by atoms with van der Waals surface area (Å²) in [5.41, 5.74) is 1.31. The van der Waals surface area contributed by atoms with Gasteiger partial charge in [-0.05, 0) is 80.1 Å². The lowest BCUT2D eigenvalue weighted by molar-refractivity contribution is -0.137. The van der Waals surface area contributed by atoms with Crippen molar-refractivity contribution in [2.45, 2.75) is 44.1 Å². The Balaban J connectivity index is 1.30. The number of piperidine rings is 1. The van der Waals surface area contributed by atoms with E-state index in [0.29, 0.717) is 28.7 Å². The van der Waals surface area contributed by atoms with Gasteiger partial charge < -0.3 is 14.7 Å². The zero-order valence-electron chi connectivity index (χ0n) is 21.5. The molecule has 0 spiro atoms. The molecule has 2 unspecified atom stereocenters. The van der Waals surface area contributed by atoms with E-state index in [2.05, 4.69) is 4.90 Å². The first-order valence-electron chi connectivity index (χ1n) is 13.3. The molecule has 0 N–H and O–H groups in total. The number of hydrogen-bond acceptors (Lipinski definition) is 3. The fourth-order valence-corrected chi connectivity index (χ4v) is 6.16. The van der Waals surface area contributed by atoms with Gasteiger partial charge in [-0.3, -0.25) is 9.59 Å². The maximum absolute atomic E-state index is 13.7. The smallest absolute Gasteiger partial charge is 0.227 e. The molecule has 1 aliphatic carbocycles. The van der Waals surface area contributed by atoms with Gasteiger partial charge in [0.2, 0.25) is 11.8 Å². The highest BCUT2D eigenvalue weighted by Gasteiger charge is 2.42. The molecule has 3 fully saturated rings. The first-order chi connectivity index (χ1) is 18.2. The Morgan fingerprint density at radius 3 is 2.34 bits per heavy atom. The molecule has 2 heterocycles. The third-order valence-corrected chi connectivity index (χ3v) is 9.09. The number of likely N-dealkylation sites (N-methyl/N-ethyl adjacent to an activating group) is 1. The van der Waals surface area contributed by atoms with Crippen LogP contribution in [0.25, 0.3) is 0 Å². The lowest BCUT2D eigenvalue weighted by Gasteiger charge is -2.33. The Labute approximate surface area is 232 Å². The van der Waals surface area contributed by atoms with Crippen LogP contribution < -0.4 is 0 Å². The van der Waals surface area contributed by atoms with Crippen LogP contribution in [0.5, 0.6) is 0 Å². The molecule has 2 aromatic carbocycles. The molecule has 0 radical (unpaired) electrons. The van der Waals surface area contributed by atoms with E-state index < -0.39 is 11.6 Å². The number of benzene rings is 2. The van der Waals surface area contributed by atoms with Crippen LogP contribution in [0, 0.1) is 23.5 Å². The number of carbonyl (C=O) groups excluding carboxylic acids is 2. The molecular weight excluding hydrogens is 531 g/mol. The largest absolute Gasteiger partial charge is 0.340 e. The van der Waals surface area contributed by atoms with Crippen molar-refractivity contribution in [3.63, 3.8) is 0 Å². The molecule has 2 aliphatic heterocycles. The summed E-state index contributed by atoms with van der Waals surface area (Å²) in [5.74, 6) is -1.33. The summed E-state index contributed by atoms with van der Waals surface area (Å²) in [4.78, 5) is 32.9. The third kappa shape index (κ3) is 6.16. The van der Waals surface area contributed by atoms with Crippen molar-refractivity contribution in [3.8, 4) is 0 Å². The van der Waals surface area contributed by atoms with E-state index >= 15 is 0 Å². The molecule has 1 saturated carbocycles. The normalized spacial score (nSPS) is 22.6. The second-order valence-electron chi connectivity index (χ2n) is 11.0. The summed E-state index contributed by atoms with van der Waals surface area (Å²) in [6, 6.07) is 8.65. The summed E-state index contributed by atoms with van der Waals surface area (Å²) < 4.78 is 27.1. The van der Waals surface area contributed by atoms with Crippen LogP contribution in [0.15, 0.2) is 36.4 Å². The second-order valence-corrected chi connectivity index (χ2v) is 11.9. The van der Waals surface area contributed by atoms with Crippen LogP contribution in [0.3, 0.4) is 0 Å². The van der Waals surface area contributed by atoms with Crippen molar-refractivity contribution in [1.29, 1.82) is 0 Å². The Morgan fingerprint density at radius 2 is 1.68 bits per heavy atom. The summed E-state index contributed by atoms with van der Waals surface area (Å²) in [5, 5.41) is 0.866. The van der Waals surface area contributed by atoms with Gasteiger partial charge in [0, 0.05) is 38.5 Å². The molecular formula is C29H33Cl2F2N3O2. The van der Waals surface area contributed by atoms with Crippen molar-refractivity contribution in [3.05, 3.63) is 69.2 Å². The van der Waals surface area contributed by atoms with Crippen molar-refractivity contribution in [2.24, 2.45) is 11.8 Å². The lowest BCUT2D eigenvalue weighted by atomic mass is 9.93. The Hall–Kier alpha value is -2.22. The van der Waals surface area contributed by atoms with Crippen LogP contribution in [-0.2, 0) is 16.0 Å². The second kappa shape index (κ2) is 11.5. The number of carbonyl (C=O) groups is 2. The van der Waals surface area contributed by atoms with Gasteiger partial charge in [0.15, 0.2) is 11.6 Å². The number of likely N-dealkylation sites (tertiary alicyclic amines) is 2. The number of hydrogen-bond donors (Lipinski definition) is 0. The van der Waals surface area contributed by atoms with E-state index in [-0.39, 0.29) is 36.1 Å². The minimum Gasteiger partial charge on any atom is -0.340 e. The predicted octanol–water partition coefficient (Wildman–Crippen LogP) is 5.39. The van der Waals surface area contributed by atoms with Crippen LogP contribution in [0.4, 0.5) is 8.78 Å². The number of nitrogens with zero attached hydrogens (tertiary/aromatic N) is 3. The highest BCUT2D eigenvalue weighted by molar-refractivity contribution is 6.42. The SMILES string of the molecule is CN(C(=O)Cc1ccc(F)c(F)c1)C1CN(C(=O)C2CCN(CC3CC3)CC2)CC1c1ccc(Cl)c(Cl)c1. The molecule has 2 amide bonds. The van der Waals surface area contributed by atoms with Crippen molar-refractivity contribution >= 4 is 35.0 Å². The molecule has 2 aromatic rings. The van der Waals surface area contributed by atoms with Gasteiger partial charge in [0.05, 0.1) is 22.5 Å². The van der Waals surface area contributed by atoms with Gasteiger partial charge >= 0.3 is 0 Å². The van der Waals surface area contributed by atoms with Crippen molar-refractivity contribution in [1.82, 2.24) is 14.7 Å². The average molecular weight is 565 g/mol. The summed E-state index contributed by atoms with van der Waals surface area (Å²) in [7, 11) is 1.71. The summed E-state index contributed by atoms with van der Waals surface area (Å²) in [6.45, 7) is 3.94. The van der Waals surface area contributed by atoms with E-state index in [9.17, 15) is 18.4 Å². The molecule has 38 heavy (non-hydrogen) atoms. The molecule has 0 aromatic heterocycles. The highest BCUT2D eigenvalue weighted by atomic mass is 35.5. The van der Waals surface area contributed by atoms with E-state index in [1.54, 1.807) is 24.1 Å². The molecule has 9 heteroatoms. The van der Waals surface area contributed by atoms with Crippen molar-refractivity contribution < 1.29 is 18.4 Å². The van der Waals surface area contributed by atoms with Gasteiger partial charge in [-0.15, -0.1) is 0 Å². The molecule has 5 rings (SSSR count). The lowest BCUT2D eigenvalue weighted by Crippen LogP contribution is -2.45. The molecule has 2 atom stereocenters. The number of halogens is 4. The third-order valence-electron chi connectivity index (χ3n) is 8.35. The van der Waals surface area contributed by atoms with Crippen molar-refractivity contribution in [2.75, 3.05) is 39.8 Å². The van der Waals surface area contributed by atoms with Gasteiger partial charge in [0.1, 0.15) is 0 Å². The maximum atomic E-state index is 13.7. The monoisotopic (exact) mass is 563 g/mol. The molecule has 204 valence electrons. The van der Waals surface area contributed by atoms with Gasteiger partial charge in [-0.25, -0.2) is 8.78 Å². The zero-order chi connectivity index (χ0) is 27.0. The van der Waals surface area contributed by atoms with E-state index in [4.69, 9.17) is 23.2 Å². The van der Waals surface area contributed by atoms with Gasteiger partial charge in [-0.1, -0.05) is 35.3 Å². The van der Waals surface area contributed by atoms with E-state index in [0.717, 1.165) is 56.1 Å². The van der Waals surface area contributed by atoms with E-state index in [1.165, 1.54) is 18.9 Å². The minimum atomic E-state index is -0.979. The van der Waals surface area contributed by atoms with E-state index in [1.807, 2.05) is 11.0 Å². The molecule has 0 bridgehead atoms. The fourth-order valence-electron chi connectivity index (χ4n) is 5.85. The summed E-state index contributed by atoms with van der Waals surface area (Å²) >= 11 is 12.5. The highest BCUT2D eigenvalue weighted by Crippen LogP contribution is 2.36. The number of amides is 2. The molecule has 3 aliphatic rings. The Bertz CT molecular complexity index is 1200. The van der Waals surface area contributed by atoms with Gasteiger partial charge in [0.25, 0.3) is 0 Å². The first-order valence-corrected chi connectivity index (χ1v) is 14.1. The predicted molar refractivity (Wildman–Crippen MR) is 144 cm³/mol. The van der Waals surface area contributed by atoms with Gasteiger partial charge in [-0.2, -0.15) is 0 Å². The minimum absolute atomic E-state index is 0.0122. The fraction of sp³-hybridized carbons (Fsp3) is 0.517. The number of rotatable bonds is 7. The van der Waals surface area contributed by atoms with Crippen LogP contribution >= 0.6 is 23.2 Å². The Kier molecular flexibility index (Phi) is 8.27. The standard InChI is InChI=1S/C29H33Cl2F2N3O2/c1-34(28(37)13-19-4-7-25(32)26(33)12-19)27-17-36(16-22(27)21-5-6-23(30)24(31)14-21)29(38)20-8-10-35(11-9-20)15-18-2-3-18/h4-7,12,14,18,20,22,27H,2-3,8-11,13,15-17H2,1H3.